The van der Waals surface area contributed by atoms with Crippen LogP contribution < -0.4 is 14.8 Å². The Balaban J connectivity index is 2.27. The molecule has 2 rings (SSSR count). The standard InChI is InChI=1S/C16H18FNO2/c1-11(18-2)15-10-12(17)4-9-16(15)20-14-7-5-13(19-3)6-8-14/h4-11,18H,1-3H3. The summed E-state index contributed by atoms with van der Waals surface area (Å²) in [5.41, 5.74) is 0.781. The second-order valence-electron chi connectivity index (χ2n) is 4.47. The third-order valence-corrected chi connectivity index (χ3v) is 3.16. The van der Waals surface area contributed by atoms with Crippen molar-refractivity contribution in [3.63, 3.8) is 0 Å². The zero-order chi connectivity index (χ0) is 14.5. The van der Waals surface area contributed by atoms with E-state index in [2.05, 4.69) is 5.32 Å². The quantitative estimate of drug-likeness (QED) is 0.897. The van der Waals surface area contributed by atoms with Crippen molar-refractivity contribution < 1.29 is 13.9 Å². The van der Waals surface area contributed by atoms with Gasteiger partial charge in [0, 0.05) is 11.6 Å². The maximum Gasteiger partial charge on any atom is 0.132 e. The van der Waals surface area contributed by atoms with E-state index in [1.165, 1.54) is 12.1 Å². The van der Waals surface area contributed by atoms with Gasteiger partial charge in [-0.2, -0.15) is 0 Å². The van der Waals surface area contributed by atoms with Crippen molar-refractivity contribution in [2.24, 2.45) is 0 Å². The molecule has 0 aliphatic heterocycles. The average Bonchev–Trinajstić information content (AvgIpc) is 2.49. The number of halogens is 1. The molecule has 2 aromatic rings. The maximum atomic E-state index is 13.4. The zero-order valence-electron chi connectivity index (χ0n) is 11.8. The summed E-state index contributed by atoms with van der Waals surface area (Å²) in [5, 5.41) is 3.09. The van der Waals surface area contributed by atoms with Crippen LogP contribution in [0.5, 0.6) is 17.2 Å². The van der Waals surface area contributed by atoms with Crippen LogP contribution in [0.4, 0.5) is 4.39 Å². The van der Waals surface area contributed by atoms with Crippen molar-refractivity contribution in [3.05, 3.63) is 53.8 Å². The SMILES string of the molecule is CNC(C)c1cc(F)ccc1Oc1ccc(OC)cc1. The molecule has 0 aromatic heterocycles. The molecule has 1 atom stereocenters. The third-order valence-electron chi connectivity index (χ3n) is 3.16. The highest BCUT2D eigenvalue weighted by Gasteiger charge is 2.12. The predicted octanol–water partition coefficient (Wildman–Crippen LogP) is 3.91. The molecule has 0 saturated heterocycles. The highest BCUT2D eigenvalue weighted by Crippen LogP contribution is 2.31. The van der Waals surface area contributed by atoms with Crippen molar-refractivity contribution in [3.8, 4) is 17.2 Å². The summed E-state index contributed by atoms with van der Waals surface area (Å²) in [4.78, 5) is 0. The summed E-state index contributed by atoms with van der Waals surface area (Å²) < 4.78 is 24.3. The fourth-order valence-corrected chi connectivity index (χ4v) is 1.88. The highest BCUT2D eigenvalue weighted by molar-refractivity contribution is 5.41. The molecule has 4 heteroatoms. The van der Waals surface area contributed by atoms with Crippen LogP contribution in [-0.2, 0) is 0 Å². The minimum atomic E-state index is -0.274. The number of hydrogen-bond donors (Lipinski definition) is 1. The van der Waals surface area contributed by atoms with E-state index in [1.54, 1.807) is 13.2 Å². The third kappa shape index (κ3) is 3.27. The molecule has 1 N–H and O–H groups in total. The molecule has 3 nitrogen and oxygen atoms in total. The van der Waals surface area contributed by atoms with E-state index in [0.717, 1.165) is 11.3 Å². The van der Waals surface area contributed by atoms with Gasteiger partial charge in [0.1, 0.15) is 23.1 Å². The van der Waals surface area contributed by atoms with Gasteiger partial charge >= 0.3 is 0 Å². The van der Waals surface area contributed by atoms with E-state index >= 15 is 0 Å². The first-order valence-electron chi connectivity index (χ1n) is 6.42. The predicted molar refractivity (Wildman–Crippen MR) is 76.9 cm³/mol. The first-order chi connectivity index (χ1) is 9.63. The smallest absolute Gasteiger partial charge is 0.132 e. The number of hydrogen-bond acceptors (Lipinski definition) is 3. The van der Waals surface area contributed by atoms with E-state index in [1.807, 2.05) is 38.2 Å². The van der Waals surface area contributed by atoms with Crippen molar-refractivity contribution in [1.82, 2.24) is 5.32 Å². The minimum Gasteiger partial charge on any atom is -0.497 e. The summed E-state index contributed by atoms with van der Waals surface area (Å²) in [6, 6.07) is 11.8. The van der Waals surface area contributed by atoms with Gasteiger partial charge in [-0.3, -0.25) is 0 Å². The Morgan fingerprint density at radius 3 is 2.30 bits per heavy atom. The molecule has 0 saturated carbocycles. The van der Waals surface area contributed by atoms with Crippen LogP contribution in [0.15, 0.2) is 42.5 Å². The van der Waals surface area contributed by atoms with Gasteiger partial charge in [-0.1, -0.05) is 0 Å². The van der Waals surface area contributed by atoms with Crippen LogP contribution in [0.1, 0.15) is 18.5 Å². The van der Waals surface area contributed by atoms with Gasteiger partial charge in [0.2, 0.25) is 0 Å². The molecule has 106 valence electrons. The summed E-state index contributed by atoms with van der Waals surface area (Å²) in [6.07, 6.45) is 0. The average molecular weight is 275 g/mol. The summed E-state index contributed by atoms with van der Waals surface area (Å²) in [6.45, 7) is 1.95. The van der Waals surface area contributed by atoms with E-state index < -0.39 is 0 Å². The Hall–Kier alpha value is -2.07. The Bertz CT molecular complexity index is 569. The molecule has 1 unspecified atom stereocenters. The first kappa shape index (κ1) is 14.3. The van der Waals surface area contributed by atoms with Crippen LogP contribution in [0.3, 0.4) is 0 Å². The van der Waals surface area contributed by atoms with Crippen molar-refractivity contribution in [2.75, 3.05) is 14.2 Å². The van der Waals surface area contributed by atoms with Crippen LogP contribution >= 0.6 is 0 Å². The highest BCUT2D eigenvalue weighted by atomic mass is 19.1. The van der Waals surface area contributed by atoms with E-state index in [4.69, 9.17) is 9.47 Å². The van der Waals surface area contributed by atoms with Gasteiger partial charge in [-0.15, -0.1) is 0 Å². The van der Waals surface area contributed by atoms with E-state index in [-0.39, 0.29) is 11.9 Å². The van der Waals surface area contributed by atoms with Gasteiger partial charge in [0.15, 0.2) is 0 Å². The molecule has 0 amide bonds. The Morgan fingerprint density at radius 2 is 1.70 bits per heavy atom. The molecule has 0 bridgehead atoms. The van der Waals surface area contributed by atoms with Crippen LogP contribution in [-0.4, -0.2) is 14.2 Å². The summed E-state index contributed by atoms with van der Waals surface area (Å²) in [7, 11) is 3.44. The first-order valence-corrected chi connectivity index (χ1v) is 6.42. The second kappa shape index (κ2) is 6.39. The van der Waals surface area contributed by atoms with Crippen molar-refractivity contribution >= 4 is 0 Å². The second-order valence-corrected chi connectivity index (χ2v) is 4.47. The Morgan fingerprint density at radius 1 is 1.05 bits per heavy atom. The largest absolute Gasteiger partial charge is 0.497 e. The van der Waals surface area contributed by atoms with E-state index in [0.29, 0.717) is 11.5 Å². The van der Waals surface area contributed by atoms with Gasteiger partial charge in [0.25, 0.3) is 0 Å². The van der Waals surface area contributed by atoms with Gasteiger partial charge in [-0.05, 0) is 56.4 Å². The number of nitrogens with one attached hydrogen (secondary N) is 1. The molecule has 0 radical (unpaired) electrons. The van der Waals surface area contributed by atoms with Crippen molar-refractivity contribution in [1.29, 1.82) is 0 Å². The lowest BCUT2D eigenvalue weighted by Crippen LogP contribution is -2.13. The van der Waals surface area contributed by atoms with Gasteiger partial charge in [-0.25, -0.2) is 4.39 Å². The molecular formula is C16H18FNO2. The lowest BCUT2D eigenvalue weighted by molar-refractivity contribution is 0.412. The molecule has 0 heterocycles. The molecule has 0 spiro atoms. The number of benzene rings is 2. The summed E-state index contributed by atoms with van der Waals surface area (Å²) >= 11 is 0. The van der Waals surface area contributed by atoms with Gasteiger partial charge in [0.05, 0.1) is 7.11 Å². The molecule has 0 fully saturated rings. The van der Waals surface area contributed by atoms with Crippen LogP contribution in [0.2, 0.25) is 0 Å². The monoisotopic (exact) mass is 275 g/mol. The molecular weight excluding hydrogens is 257 g/mol. The lowest BCUT2D eigenvalue weighted by Gasteiger charge is -2.16. The van der Waals surface area contributed by atoms with Crippen LogP contribution in [0, 0.1) is 5.82 Å². The van der Waals surface area contributed by atoms with E-state index in [9.17, 15) is 4.39 Å². The van der Waals surface area contributed by atoms with Crippen LogP contribution in [0.25, 0.3) is 0 Å². The zero-order valence-corrected chi connectivity index (χ0v) is 11.8. The number of ether oxygens (including phenoxy) is 2. The number of rotatable bonds is 5. The lowest BCUT2D eigenvalue weighted by atomic mass is 10.1. The molecule has 20 heavy (non-hydrogen) atoms. The van der Waals surface area contributed by atoms with Gasteiger partial charge < -0.3 is 14.8 Å². The topological polar surface area (TPSA) is 30.5 Å². The fraction of sp³-hybridized carbons (Fsp3) is 0.250. The number of methoxy groups -OCH3 is 1. The van der Waals surface area contributed by atoms with Crippen molar-refractivity contribution in [2.45, 2.75) is 13.0 Å². The minimum absolute atomic E-state index is 0.000974. The molecule has 0 aliphatic carbocycles. The maximum absolute atomic E-state index is 13.4. The summed E-state index contributed by atoms with van der Waals surface area (Å²) in [5.74, 6) is 1.81. The molecule has 0 aliphatic rings. The normalized spacial score (nSPS) is 12.0. The molecule has 2 aromatic carbocycles. The fourth-order valence-electron chi connectivity index (χ4n) is 1.88. The Kier molecular flexibility index (Phi) is 4.58. The Labute approximate surface area is 118 Å².